The number of Topliss-reactive ketones (excluding diaryl/α,β-unsaturated/α-hetero) is 1. The summed E-state index contributed by atoms with van der Waals surface area (Å²) in [5.41, 5.74) is 3.51. The summed E-state index contributed by atoms with van der Waals surface area (Å²) < 4.78 is 1.86. The fourth-order valence-electron chi connectivity index (χ4n) is 2.05. The number of benzene rings is 1. The minimum Gasteiger partial charge on any atom is -0.294 e. The van der Waals surface area contributed by atoms with E-state index in [1.54, 1.807) is 6.07 Å². The standard InChI is InChI=1S/C15H17ClN2O/c1-4-18-13(7-11(3)17-18)9-15(19)12-6-5-10(2)14(16)8-12/h5-8H,4,9H2,1-3H3. The van der Waals surface area contributed by atoms with Gasteiger partial charge in [0.1, 0.15) is 0 Å². The van der Waals surface area contributed by atoms with Crippen LogP contribution in [0.5, 0.6) is 0 Å². The van der Waals surface area contributed by atoms with Crippen molar-refractivity contribution in [1.82, 2.24) is 9.78 Å². The fourth-order valence-corrected chi connectivity index (χ4v) is 2.23. The number of hydrogen-bond donors (Lipinski definition) is 0. The Labute approximate surface area is 118 Å². The van der Waals surface area contributed by atoms with Gasteiger partial charge in [0.15, 0.2) is 5.78 Å². The number of aryl methyl sites for hydroxylation is 3. The molecule has 19 heavy (non-hydrogen) atoms. The summed E-state index contributed by atoms with van der Waals surface area (Å²) in [6.07, 6.45) is 0.355. The third-order valence-corrected chi connectivity index (χ3v) is 3.53. The highest BCUT2D eigenvalue weighted by atomic mass is 35.5. The number of carbonyl (C=O) groups is 1. The number of hydrogen-bond acceptors (Lipinski definition) is 2. The number of ketones is 1. The maximum Gasteiger partial charge on any atom is 0.168 e. The van der Waals surface area contributed by atoms with Crippen LogP contribution in [0.15, 0.2) is 24.3 Å². The Morgan fingerprint density at radius 2 is 2.05 bits per heavy atom. The van der Waals surface area contributed by atoms with E-state index in [1.165, 1.54) is 0 Å². The second-order valence-corrected chi connectivity index (χ2v) is 5.06. The van der Waals surface area contributed by atoms with Gasteiger partial charge in [-0.1, -0.05) is 23.7 Å². The number of aromatic nitrogens is 2. The Balaban J connectivity index is 2.22. The van der Waals surface area contributed by atoms with Crippen molar-refractivity contribution in [3.05, 3.63) is 51.8 Å². The number of carbonyl (C=O) groups excluding carboxylic acids is 1. The van der Waals surface area contributed by atoms with Crippen molar-refractivity contribution in [3.8, 4) is 0 Å². The minimum absolute atomic E-state index is 0.0662. The van der Waals surface area contributed by atoms with E-state index in [0.29, 0.717) is 17.0 Å². The van der Waals surface area contributed by atoms with Gasteiger partial charge >= 0.3 is 0 Å². The van der Waals surface area contributed by atoms with Crippen LogP contribution in [0, 0.1) is 13.8 Å². The first-order valence-corrected chi connectivity index (χ1v) is 6.71. The van der Waals surface area contributed by atoms with Crippen LogP contribution in [-0.4, -0.2) is 15.6 Å². The van der Waals surface area contributed by atoms with Gasteiger partial charge in [-0.25, -0.2) is 0 Å². The van der Waals surface area contributed by atoms with E-state index in [4.69, 9.17) is 11.6 Å². The Morgan fingerprint density at radius 1 is 1.32 bits per heavy atom. The van der Waals surface area contributed by atoms with E-state index >= 15 is 0 Å². The summed E-state index contributed by atoms with van der Waals surface area (Å²) in [4.78, 5) is 12.3. The minimum atomic E-state index is 0.0662. The van der Waals surface area contributed by atoms with Gasteiger partial charge < -0.3 is 0 Å². The summed E-state index contributed by atoms with van der Waals surface area (Å²) in [5, 5.41) is 4.98. The van der Waals surface area contributed by atoms with Crippen molar-refractivity contribution >= 4 is 17.4 Å². The highest BCUT2D eigenvalue weighted by molar-refractivity contribution is 6.31. The summed E-state index contributed by atoms with van der Waals surface area (Å²) in [6.45, 7) is 6.64. The first kappa shape index (κ1) is 13.8. The number of halogens is 1. The van der Waals surface area contributed by atoms with Crippen molar-refractivity contribution in [3.63, 3.8) is 0 Å². The molecule has 0 spiro atoms. The Bertz CT molecular complexity index is 617. The van der Waals surface area contributed by atoms with E-state index < -0.39 is 0 Å². The van der Waals surface area contributed by atoms with Crippen molar-refractivity contribution in [2.45, 2.75) is 33.7 Å². The molecule has 1 heterocycles. The Morgan fingerprint density at radius 3 is 2.68 bits per heavy atom. The molecule has 0 saturated heterocycles. The van der Waals surface area contributed by atoms with Gasteiger partial charge in [0.25, 0.3) is 0 Å². The third-order valence-electron chi connectivity index (χ3n) is 3.12. The Kier molecular flexibility index (Phi) is 4.05. The molecule has 2 aromatic rings. The smallest absolute Gasteiger partial charge is 0.168 e. The summed E-state index contributed by atoms with van der Waals surface area (Å²) in [5.74, 6) is 0.0662. The zero-order valence-electron chi connectivity index (χ0n) is 11.4. The number of nitrogens with zero attached hydrogens (tertiary/aromatic N) is 2. The Hall–Kier alpha value is -1.61. The van der Waals surface area contributed by atoms with E-state index in [1.807, 2.05) is 43.7 Å². The molecule has 1 aromatic heterocycles. The molecule has 0 amide bonds. The number of rotatable bonds is 4. The maximum absolute atomic E-state index is 12.3. The molecule has 0 atom stereocenters. The second-order valence-electron chi connectivity index (χ2n) is 4.66. The molecule has 0 unspecified atom stereocenters. The van der Waals surface area contributed by atoms with E-state index in [0.717, 1.165) is 23.5 Å². The molecule has 0 N–H and O–H groups in total. The van der Waals surface area contributed by atoms with Gasteiger partial charge in [0, 0.05) is 22.8 Å². The lowest BCUT2D eigenvalue weighted by Gasteiger charge is -2.05. The van der Waals surface area contributed by atoms with Gasteiger partial charge in [-0.15, -0.1) is 0 Å². The molecule has 100 valence electrons. The van der Waals surface area contributed by atoms with E-state index in [9.17, 15) is 4.79 Å². The average molecular weight is 277 g/mol. The highest BCUT2D eigenvalue weighted by Crippen LogP contribution is 2.18. The predicted octanol–water partition coefficient (Wildman–Crippen LogP) is 3.60. The lowest BCUT2D eigenvalue weighted by atomic mass is 10.0. The van der Waals surface area contributed by atoms with Crippen molar-refractivity contribution < 1.29 is 4.79 Å². The zero-order chi connectivity index (χ0) is 14.0. The maximum atomic E-state index is 12.3. The molecule has 2 rings (SSSR count). The van der Waals surface area contributed by atoms with Crippen LogP contribution in [0.2, 0.25) is 5.02 Å². The normalized spacial score (nSPS) is 10.7. The van der Waals surface area contributed by atoms with Crippen LogP contribution in [0.4, 0.5) is 0 Å². The highest BCUT2D eigenvalue weighted by Gasteiger charge is 2.12. The monoisotopic (exact) mass is 276 g/mol. The molecule has 0 fully saturated rings. The molecule has 4 heteroatoms. The van der Waals surface area contributed by atoms with Crippen LogP contribution in [0.1, 0.15) is 34.2 Å². The molecule has 1 aromatic carbocycles. The second kappa shape index (κ2) is 5.57. The van der Waals surface area contributed by atoms with Crippen molar-refractivity contribution in [2.75, 3.05) is 0 Å². The van der Waals surface area contributed by atoms with E-state index in [-0.39, 0.29) is 5.78 Å². The van der Waals surface area contributed by atoms with Crippen LogP contribution < -0.4 is 0 Å². The summed E-state index contributed by atoms with van der Waals surface area (Å²) in [7, 11) is 0. The molecule has 3 nitrogen and oxygen atoms in total. The molecule has 0 saturated carbocycles. The lowest BCUT2D eigenvalue weighted by Crippen LogP contribution is -2.09. The quantitative estimate of drug-likeness (QED) is 0.800. The molecule has 0 radical (unpaired) electrons. The molecular formula is C15H17ClN2O. The SMILES string of the molecule is CCn1nc(C)cc1CC(=O)c1ccc(C)c(Cl)c1. The van der Waals surface area contributed by atoms with Gasteiger partial charge in [-0.3, -0.25) is 9.48 Å². The van der Waals surface area contributed by atoms with Crippen molar-refractivity contribution in [2.24, 2.45) is 0 Å². The zero-order valence-corrected chi connectivity index (χ0v) is 12.2. The van der Waals surface area contributed by atoms with Gasteiger partial charge in [0.05, 0.1) is 12.1 Å². The van der Waals surface area contributed by atoms with Crippen molar-refractivity contribution in [1.29, 1.82) is 0 Å². The average Bonchev–Trinajstić information content (AvgIpc) is 2.72. The van der Waals surface area contributed by atoms with E-state index in [2.05, 4.69) is 5.10 Å². The van der Waals surface area contributed by atoms with Crippen LogP contribution in [0.3, 0.4) is 0 Å². The van der Waals surface area contributed by atoms with Crippen LogP contribution in [-0.2, 0) is 13.0 Å². The predicted molar refractivity (Wildman–Crippen MR) is 76.9 cm³/mol. The molecule has 0 aliphatic heterocycles. The summed E-state index contributed by atoms with van der Waals surface area (Å²) >= 11 is 6.05. The lowest BCUT2D eigenvalue weighted by molar-refractivity contribution is 0.0990. The topological polar surface area (TPSA) is 34.9 Å². The first-order valence-electron chi connectivity index (χ1n) is 6.34. The van der Waals surface area contributed by atoms with Gasteiger partial charge in [0.2, 0.25) is 0 Å². The summed E-state index contributed by atoms with van der Waals surface area (Å²) in [6, 6.07) is 7.39. The molecular weight excluding hydrogens is 260 g/mol. The van der Waals surface area contributed by atoms with Crippen LogP contribution in [0.25, 0.3) is 0 Å². The largest absolute Gasteiger partial charge is 0.294 e. The molecule has 0 aliphatic carbocycles. The molecule has 0 aliphatic rings. The molecule has 0 bridgehead atoms. The fraction of sp³-hybridized carbons (Fsp3) is 0.333. The third kappa shape index (κ3) is 3.04. The first-order chi connectivity index (χ1) is 9.01. The van der Waals surface area contributed by atoms with Gasteiger partial charge in [-0.05, 0) is 38.5 Å². The van der Waals surface area contributed by atoms with Gasteiger partial charge in [-0.2, -0.15) is 5.10 Å². The van der Waals surface area contributed by atoms with Crippen LogP contribution >= 0.6 is 11.6 Å².